The van der Waals surface area contributed by atoms with Crippen molar-refractivity contribution in [3.8, 4) is 0 Å². The molecule has 0 amide bonds. The van der Waals surface area contributed by atoms with E-state index in [1.807, 2.05) is 6.92 Å². The maximum absolute atomic E-state index is 12.5. The Morgan fingerprint density at radius 2 is 2.11 bits per heavy atom. The van der Waals surface area contributed by atoms with Crippen molar-refractivity contribution >= 4 is 5.78 Å². The third-order valence-corrected chi connectivity index (χ3v) is 5.22. The monoisotopic (exact) mass is 250 g/mol. The van der Waals surface area contributed by atoms with Gasteiger partial charge in [0.25, 0.3) is 0 Å². The molecule has 0 N–H and O–H groups in total. The molecule has 5 atom stereocenters. The maximum atomic E-state index is 12.5. The average molecular weight is 250 g/mol. The van der Waals surface area contributed by atoms with E-state index in [2.05, 4.69) is 20.8 Å². The lowest BCUT2D eigenvalue weighted by atomic mass is 9.74. The largest absolute Gasteiger partial charge is 0.291 e. The third-order valence-electron chi connectivity index (χ3n) is 5.22. The molecule has 2 aliphatic carbocycles. The molecule has 18 heavy (non-hydrogen) atoms. The maximum Gasteiger partial charge on any atom is 0.190 e. The van der Waals surface area contributed by atoms with Crippen LogP contribution in [0.2, 0.25) is 0 Å². The quantitative estimate of drug-likeness (QED) is 0.671. The predicted molar refractivity (Wildman–Crippen MR) is 67.7 cm³/mol. The van der Waals surface area contributed by atoms with Crippen molar-refractivity contribution in [3.63, 3.8) is 0 Å². The molecule has 0 aromatic rings. The molecule has 2 bridgehead atoms. The number of hydrogen-bond donors (Lipinski definition) is 0. The summed E-state index contributed by atoms with van der Waals surface area (Å²) < 4.78 is 0. The lowest BCUT2D eigenvalue weighted by Gasteiger charge is -2.43. The number of rotatable bonds is 1. The second-order valence-corrected chi connectivity index (χ2v) is 6.61. The van der Waals surface area contributed by atoms with E-state index in [0.29, 0.717) is 23.7 Å². The molecular formula is C15H22O3. The minimum absolute atomic E-state index is 0.0213. The second kappa shape index (κ2) is 3.91. The molecule has 3 heteroatoms. The van der Waals surface area contributed by atoms with Crippen LogP contribution < -0.4 is 0 Å². The molecular weight excluding hydrogens is 228 g/mol. The van der Waals surface area contributed by atoms with Crippen molar-refractivity contribution in [1.29, 1.82) is 0 Å². The summed E-state index contributed by atoms with van der Waals surface area (Å²) in [4.78, 5) is 23.7. The van der Waals surface area contributed by atoms with Gasteiger partial charge >= 0.3 is 0 Å². The van der Waals surface area contributed by atoms with E-state index in [1.54, 1.807) is 6.08 Å². The summed E-state index contributed by atoms with van der Waals surface area (Å²) >= 11 is 0. The minimum atomic E-state index is -0.761. The zero-order chi connectivity index (χ0) is 13.1. The van der Waals surface area contributed by atoms with E-state index in [-0.39, 0.29) is 11.9 Å². The summed E-state index contributed by atoms with van der Waals surface area (Å²) in [5.74, 6) is 1.78. The molecule has 0 aromatic heterocycles. The number of carbonyl (C=O) groups excluding carboxylic acids is 1. The summed E-state index contributed by atoms with van der Waals surface area (Å²) in [5, 5.41) is 0. The van der Waals surface area contributed by atoms with Crippen LogP contribution >= 0.6 is 0 Å². The van der Waals surface area contributed by atoms with E-state index < -0.39 is 5.60 Å². The van der Waals surface area contributed by atoms with Gasteiger partial charge < -0.3 is 0 Å². The molecule has 100 valence electrons. The topological polar surface area (TPSA) is 35.5 Å². The Morgan fingerprint density at radius 3 is 2.78 bits per heavy atom. The van der Waals surface area contributed by atoms with Gasteiger partial charge in [-0.1, -0.05) is 20.8 Å². The summed E-state index contributed by atoms with van der Waals surface area (Å²) in [5.41, 5.74) is 0.354. The highest BCUT2D eigenvalue weighted by Crippen LogP contribution is 2.54. The fourth-order valence-corrected chi connectivity index (χ4v) is 4.03. The van der Waals surface area contributed by atoms with Crippen molar-refractivity contribution in [2.45, 2.75) is 52.2 Å². The Morgan fingerprint density at radius 1 is 1.39 bits per heavy atom. The Kier molecular flexibility index (Phi) is 2.69. The van der Waals surface area contributed by atoms with Gasteiger partial charge in [0.05, 0.1) is 0 Å². The molecule has 0 radical (unpaired) electrons. The number of fused-ring (bicyclic) bond motifs is 2. The average Bonchev–Trinajstić information content (AvgIpc) is 2.61. The minimum Gasteiger partial charge on any atom is -0.291 e. The van der Waals surface area contributed by atoms with E-state index in [4.69, 9.17) is 9.78 Å². The van der Waals surface area contributed by atoms with E-state index in [0.717, 1.165) is 12.0 Å². The van der Waals surface area contributed by atoms with Gasteiger partial charge in [0.2, 0.25) is 0 Å². The first-order chi connectivity index (χ1) is 8.45. The van der Waals surface area contributed by atoms with Gasteiger partial charge in [-0.15, -0.1) is 0 Å². The highest BCUT2D eigenvalue weighted by molar-refractivity contribution is 5.98. The van der Waals surface area contributed by atoms with Crippen molar-refractivity contribution in [3.05, 3.63) is 11.6 Å². The fraction of sp³-hybridized carbons (Fsp3) is 0.800. The first-order valence-corrected chi connectivity index (χ1v) is 7.05. The molecule has 1 saturated carbocycles. The Hall–Kier alpha value is -0.670. The summed E-state index contributed by atoms with van der Waals surface area (Å²) in [6.45, 7) is 8.43. The molecule has 4 rings (SSSR count). The Balaban J connectivity index is 2.10. The van der Waals surface area contributed by atoms with Gasteiger partial charge in [0.1, 0.15) is 6.10 Å². The van der Waals surface area contributed by atoms with Gasteiger partial charge in [-0.3, -0.25) is 4.79 Å². The predicted octanol–water partition coefficient (Wildman–Crippen LogP) is 2.90. The molecule has 5 unspecified atom stereocenters. The molecule has 0 aromatic carbocycles. The summed E-state index contributed by atoms with van der Waals surface area (Å²) in [6, 6.07) is 0. The summed E-state index contributed by atoms with van der Waals surface area (Å²) in [6.07, 6.45) is 4.03. The van der Waals surface area contributed by atoms with Crippen LogP contribution in [-0.4, -0.2) is 17.5 Å². The lowest BCUT2D eigenvalue weighted by Crippen LogP contribution is -2.52. The Bertz CT molecular complexity index is 412. The molecule has 4 aliphatic rings. The van der Waals surface area contributed by atoms with Crippen molar-refractivity contribution in [2.24, 2.45) is 23.7 Å². The van der Waals surface area contributed by atoms with Crippen LogP contribution in [0, 0.1) is 23.7 Å². The standard InChI is InChI=1S/C15H22O3/c1-8(2)10-7-12(16)15(4)11-6-5-9(3)13(11)14(10)17-18-15/h7-9,11,13-14H,5-6H2,1-4H3. The number of carbonyl (C=O) groups is 1. The van der Waals surface area contributed by atoms with Crippen LogP contribution in [0.5, 0.6) is 0 Å². The zero-order valence-electron chi connectivity index (χ0n) is 11.6. The van der Waals surface area contributed by atoms with Crippen LogP contribution in [0.3, 0.4) is 0 Å². The third kappa shape index (κ3) is 1.47. The van der Waals surface area contributed by atoms with Gasteiger partial charge in [0.15, 0.2) is 11.4 Å². The molecule has 2 heterocycles. The zero-order valence-corrected chi connectivity index (χ0v) is 11.6. The fourth-order valence-electron chi connectivity index (χ4n) is 4.03. The normalized spacial score (nSPS) is 47.2. The second-order valence-electron chi connectivity index (χ2n) is 6.61. The molecule has 1 saturated heterocycles. The highest BCUT2D eigenvalue weighted by atomic mass is 17.2. The van der Waals surface area contributed by atoms with Crippen molar-refractivity contribution in [2.75, 3.05) is 0 Å². The van der Waals surface area contributed by atoms with Crippen LogP contribution in [0.1, 0.15) is 40.5 Å². The van der Waals surface area contributed by atoms with Crippen molar-refractivity contribution in [1.82, 2.24) is 0 Å². The van der Waals surface area contributed by atoms with E-state index in [1.165, 1.54) is 6.42 Å². The lowest BCUT2D eigenvalue weighted by molar-refractivity contribution is -0.410. The molecule has 0 spiro atoms. The smallest absolute Gasteiger partial charge is 0.190 e. The SMILES string of the molecule is CC(C)C1=CC(=O)C2(C)OOC1C1C(C)CCC12. The van der Waals surface area contributed by atoms with Crippen LogP contribution in [0.4, 0.5) is 0 Å². The number of ketones is 1. The van der Waals surface area contributed by atoms with Gasteiger partial charge in [-0.2, -0.15) is 0 Å². The van der Waals surface area contributed by atoms with Crippen LogP contribution in [0.15, 0.2) is 11.6 Å². The number of hydrogen-bond acceptors (Lipinski definition) is 3. The van der Waals surface area contributed by atoms with Crippen LogP contribution in [-0.2, 0) is 14.6 Å². The van der Waals surface area contributed by atoms with Gasteiger partial charge in [-0.25, -0.2) is 9.78 Å². The summed E-state index contributed by atoms with van der Waals surface area (Å²) in [7, 11) is 0. The molecule has 2 aliphatic heterocycles. The molecule has 3 nitrogen and oxygen atoms in total. The van der Waals surface area contributed by atoms with Crippen molar-refractivity contribution < 1.29 is 14.6 Å². The first kappa shape index (κ1) is 12.4. The van der Waals surface area contributed by atoms with Gasteiger partial charge in [0, 0.05) is 11.8 Å². The first-order valence-electron chi connectivity index (χ1n) is 7.05. The van der Waals surface area contributed by atoms with E-state index in [9.17, 15) is 4.79 Å². The molecule has 2 fully saturated rings. The Labute approximate surface area is 108 Å². The highest BCUT2D eigenvalue weighted by Gasteiger charge is 2.59. The van der Waals surface area contributed by atoms with Crippen LogP contribution in [0.25, 0.3) is 0 Å². The van der Waals surface area contributed by atoms with E-state index >= 15 is 0 Å². The van der Waals surface area contributed by atoms with Gasteiger partial charge in [-0.05, 0) is 43.3 Å².